The number of hydrogen-bond acceptors (Lipinski definition) is 2. The maximum Gasteiger partial charge on any atom is 0.254 e. The second-order valence-corrected chi connectivity index (χ2v) is 6.76. The van der Waals surface area contributed by atoms with E-state index in [1.165, 1.54) is 25.0 Å². The van der Waals surface area contributed by atoms with Crippen LogP contribution in [0.1, 0.15) is 42.1 Å². The van der Waals surface area contributed by atoms with E-state index < -0.39 is 0 Å². The number of carbonyl (C=O) groups excluding carboxylic acids is 1. The van der Waals surface area contributed by atoms with E-state index in [2.05, 4.69) is 11.8 Å². The highest BCUT2D eigenvalue weighted by atomic mass is 19.1. The average Bonchev–Trinajstić information content (AvgIpc) is 2.81. The van der Waals surface area contributed by atoms with Gasteiger partial charge in [0, 0.05) is 31.2 Å². The van der Waals surface area contributed by atoms with E-state index in [1.54, 1.807) is 6.07 Å². The summed E-state index contributed by atoms with van der Waals surface area (Å²) in [6.45, 7) is 7.89. The molecule has 22 heavy (non-hydrogen) atoms. The number of hydrogen-bond donors (Lipinski definition) is 0. The van der Waals surface area contributed by atoms with Gasteiger partial charge in [0.25, 0.3) is 5.91 Å². The van der Waals surface area contributed by atoms with Crippen molar-refractivity contribution < 1.29 is 9.18 Å². The third kappa shape index (κ3) is 3.02. The fourth-order valence-corrected chi connectivity index (χ4v) is 3.90. The van der Waals surface area contributed by atoms with E-state index in [1.807, 2.05) is 11.8 Å². The molecular formula is C18H25FN2O. The van der Waals surface area contributed by atoms with E-state index in [9.17, 15) is 9.18 Å². The van der Waals surface area contributed by atoms with Gasteiger partial charge in [-0.1, -0.05) is 13.0 Å². The first-order valence-corrected chi connectivity index (χ1v) is 8.38. The molecule has 3 fully saturated rings. The minimum Gasteiger partial charge on any atom is -0.337 e. The Kier molecular flexibility index (Phi) is 4.48. The number of amides is 1. The molecule has 0 unspecified atom stereocenters. The van der Waals surface area contributed by atoms with Gasteiger partial charge in [-0.05, 0) is 56.3 Å². The molecular weight excluding hydrogens is 279 g/mol. The first kappa shape index (κ1) is 15.5. The molecule has 0 N–H and O–H groups in total. The third-order valence-corrected chi connectivity index (χ3v) is 5.06. The Morgan fingerprint density at radius 2 is 2.09 bits per heavy atom. The second kappa shape index (κ2) is 6.37. The SMILES string of the molecule is CCCN1C[C@@H]2CC[C@H]1CN(C(=O)c1cc(F)ccc1C)C2. The molecule has 3 heterocycles. The van der Waals surface area contributed by atoms with E-state index in [4.69, 9.17) is 0 Å². The van der Waals surface area contributed by atoms with Crippen LogP contribution in [0.2, 0.25) is 0 Å². The molecule has 0 radical (unpaired) electrons. The maximum absolute atomic E-state index is 13.5. The highest BCUT2D eigenvalue weighted by molar-refractivity contribution is 5.95. The number of nitrogens with zero attached hydrogens (tertiary/aromatic N) is 2. The van der Waals surface area contributed by atoms with Crippen molar-refractivity contribution in [2.75, 3.05) is 26.2 Å². The van der Waals surface area contributed by atoms with Crippen LogP contribution in [-0.2, 0) is 0 Å². The van der Waals surface area contributed by atoms with Gasteiger partial charge in [0.15, 0.2) is 0 Å². The van der Waals surface area contributed by atoms with E-state index >= 15 is 0 Å². The first-order valence-electron chi connectivity index (χ1n) is 8.38. The average molecular weight is 304 g/mol. The fourth-order valence-electron chi connectivity index (χ4n) is 3.90. The maximum atomic E-state index is 13.5. The molecule has 1 aromatic carbocycles. The zero-order valence-corrected chi connectivity index (χ0v) is 13.5. The van der Waals surface area contributed by atoms with Crippen LogP contribution in [0.25, 0.3) is 0 Å². The first-order chi connectivity index (χ1) is 10.6. The molecule has 120 valence electrons. The van der Waals surface area contributed by atoms with Gasteiger partial charge in [-0.3, -0.25) is 9.69 Å². The van der Waals surface area contributed by atoms with Gasteiger partial charge in [0.2, 0.25) is 0 Å². The van der Waals surface area contributed by atoms with Gasteiger partial charge in [-0.15, -0.1) is 0 Å². The lowest BCUT2D eigenvalue weighted by atomic mass is 9.95. The lowest BCUT2D eigenvalue weighted by molar-refractivity contribution is 0.0737. The van der Waals surface area contributed by atoms with Crippen LogP contribution in [0.3, 0.4) is 0 Å². The molecule has 4 rings (SSSR count). The van der Waals surface area contributed by atoms with Crippen molar-refractivity contribution in [1.29, 1.82) is 0 Å². The lowest BCUT2D eigenvalue weighted by Crippen LogP contribution is -2.44. The molecule has 3 saturated heterocycles. The predicted molar refractivity (Wildman–Crippen MR) is 85.4 cm³/mol. The summed E-state index contributed by atoms with van der Waals surface area (Å²) in [6, 6.07) is 4.96. The number of rotatable bonds is 3. The van der Waals surface area contributed by atoms with Crippen LogP contribution in [0.4, 0.5) is 4.39 Å². The number of fused-ring (bicyclic) bond motifs is 4. The summed E-state index contributed by atoms with van der Waals surface area (Å²) < 4.78 is 13.5. The van der Waals surface area contributed by atoms with Gasteiger partial charge in [0.1, 0.15) is 5.82 Å². The summed E-state index contributed by atoms with van der Waals surface area (Å²) in [4.78, 5) is 17.3. The van der Waals surface area contributed by atoms with Crippen LogP contribution >= 0.6 is 0 Å². The van der Waals surface area contributed by atoms with Crippen molar-refractivity contribution in [3.8, 4) is 0 Å². The Morgan fingerprint density at radius 3 is 2.86 bits per heavy atom. The standard InChI is InChI=1S/C18H25FN2O/c1-3-8-20-10-14-5-7-16(20)12-21(11-14)18(22)17-9-15(19)6-4-13(17)2/h4,6,9,14,16H,3,5,7-8,10-12H2,1-2H3/t14-,16-/m0/s1. The van der Waals surface area contributed by atoms with Gasteiger partial charge in [-0.2, -0.15) is 0 Å². The topological polar surface area (TPSA) is 23.6 Å². The van der Waals surface area contributed by atoms with E-state index in [0.717, 1.165) is 38.2 Å². The quantitative estimate of drug-likeness (QED) is 0.857. The number of aryl methyl sites for hydroxylation is 1. The highest BCUT2D eigenvalue weighted by Crippen LogP contribution is 2.29. The molecule has 3 nitrogen and oxygen atoms in total. The van der Waals surface area contributed by atoms with Crippen molar-refractivity contribution in [1.82, 2.24) is 9.80 Å². The molecule has 2 atom stereocenters. The largest absolute Gasteiger partial charge is 0.337 e. The Bertz CT molecular complexity index is 560. The van der Waals surface area contributed by atoms with Crippen LogP contribution in [0.15, 0.2) is 18.2 Å². The van der Waals surface area contributed by atoms with Crippen LogP contribution in [0.5, 0.6) is 0 Å². The summed E-state index contributed by atoms with van der Waals surface area (Å²) in [7, 11) is 0. The Hall–Kier alpha value is -1.42. The predicted octanol–water partition coefficient (Wildman–Crippen LogP) is 3.08. The van der Waals surface area contributed by atoms with Crippen LogP contribution in [0, 0.1) is 18.7 Å². The third-order valence-electron chi connectivity index (χ3n) is 5.06. The zero-order valence-electron chi connectivity index (χ0n) is 13.5. The Morgan fingerprint density at radius 1 is 1.27 bits per heavy atom. The number of benzene rings is 1. The monoisotopic (exact) mass is 304 g/mol. The number of piperidine rings is 1. The van der Waals surface area contributed by atoms with Crippen LogP contribution < -0.4 is 0 Å². The van der Waals surface area contributed by atoms with Crippen molar-refractivity contribution in [3.63, 3.8) is 0 Å². The van der Waals surface area contributed by atoms with E-state index in [0.29, 0.717) is 17.5 Å². The molecule has 3 aliphatic heterocycles. The molecule has 0 spiro atoms. The number of carbonyl (C=O) groups is 1. The molecule has 0 aromatic heterocycles. The summed E-state index contributed by atoms with van der Waals surface area (Å²) in [5.74, 6) is 0.217. The fraction of sp³-hybridized carbons (Fsp3) is 0.611. The molecule has 2 bridgehead atoms. The normalized spacial score (nSPS) is 25.3. The summed E-state index contributed by atoms with van der Waals surface area (Å²) in [5, 5.41) is 0. The molecule has 0 aliphatic carbocycles. The molecule has 1 amide bonds. The Labute approximate surface area is 132 Å². The van der Waals surface area contributed by atoms with Crippen molar-refractivity contribution >= 4 is 5.91 Å². The molecule has 1 aromatic rings. The molecule has 0 saturated carbocycles. The van der Waals surface area contributed by atoms with Gasteiger partial charge in [-0.25, -0.2) is 4.39 Å². The number of halogens is 1. The summed E-state index contributed by atoms with van der Waals surface area (Å²) >= 11 is 0. The zero-order chi connectivity index (χ0) is 15.7. The van der Waals surface area contributed by atoms with Gasteiger partial charge >= 0.3 is 0 Å². The minimum atomic E-state index is -0.334. The summed E-state index contributed by atoms with van der Waals surface area (Å²) in [5.41, 5.74) is 1.37. The van der Waals surface area contributed by atoms with Crippen LogP contribution in [-0.4, -0.2) is 47.9 Å². The lowest BCUT2D eigenvalue weighted by Gasteiger charge is -2.35. The van der Waals surface area contributed by atoms with Crippen molar-refractivity contribution in [2.45, 2.75) is 39.2 Å². The highest BCUT2D eigenvalue weighted by Gasteiger charge is 2.36. The summed E-state index contributed by atoms with van der Waals surface area (Å²) in [6.07, 6.45) is 3.54. The van der Waals surface area contributed by atoms with Gasteiger partial charge < -0.3 is 4.90 Å². The smallest absolute Gasteiger partial charge is 0.254 e. The van der Waals surface area contributed by atoms with E-state index in [-0.39, 0.29) is 11.7 Å². The van der Waals surface area contributed by atoms with Crippen molar-refractivity contribution in [2.24, 2.45) is 5.92 Å². The molecule has 3 aliphatic rings. The molecule has 4 heteroatoms. The van der Waals surface area contributed by atoms with Crippen molar-refractivity contribution in [3.05, 3.63) is 35.1 Å². The minimum absolute atomic E-state index is 0.00718. The Balaban J connectivity index is 1.80. The van der Waals surface area contributed by atoms with Gasteiger partial charge in [0.05, 0.1) is 0 Å². The second-order valence-electron chi connectivity index (χ2n) is 6.76.